The zero-order valence-electron chi connectivity index (χ0n) is 9.33. The summed E-state index contributed by atoms with van der Waals surface area (Å²) in [7, 11) is 0. The van der Waals surface area contributed by atoms with Crippen molar-refractivity contribution >= 4 is 5.91 Å². The maximum Gasteiger partial charge on any atom is 0.257 e. The molecule has 5 nitrogen and oxygen atoms in total. The summed E-state index contributed by atoms with van der Waals surface area (Å²) < 4.78 is 5.04. The lowest BCUT2D eigenvalue weighted by Gasteiger charge is -2.10. The summed E-state index contributed by atoms with van der Waals surface area (Å²) in [6.07, 6.45) is 0.653. The average Bonchev–Trinajstić information content (AvgIpc) is 2.59. The summed E-state index contributed by atoms with van der Waals surface area (Å²) in [6.45, 7) is 5.94. The van der Waals surface area contributed by atoms with E-state index in [0.29, 0.717) is 30.0 Å². The van der Waals surface area contributed by atoms with Gasteiger partial charge in [0.25, 0.3) is 5.91 Å². The molecule has 15 heavy (non-hydrogen) atoms. The maximum atomic E-state index is 11.8. The molecule has 1 aromatic heterocycles. The molecule has 0 saturated heterocycles. The molecule has 84 valence electrons. The fraction of sp³-hybridized carbons (Fsp3) is 0.600. The van der Waals surface area contributed by atoms with Crippen molar-refractivity contribution in [1.82, 2.24) is 10.5 Å². The van der Waals surface area contributed by atoms with Crippen molar-refractivity contribution in [3.8, 4) is 0 Å². The second kappa shape index (κ2) is 4.93. The first-order valence-corrected chi connectivity index (χ1v) is 5.06. The van der Waals surface area contributed by atoms with Gasteiger partial charge in [0, 0.05) is 19.0 Å². The largest absolute Gasteiger partial charge is 0.360 e. The zero-order chi connectivity index (χ0) is 11.4. The lowest BCUT2D eigenvalue weighted by atomic mass is 10.1. The lowest BCUT2D eigenvalue weighted by Crippen LogP contribution is -2.38. The van der Waals surface area contributed by atoms with Crippen LogP contribution in [-0.4, -0.2) is 23.7 Å². The van der Waals surface area contributed by atoms with E-state index in [1.165, 1.54) is 0 Å². The van der Waals surface area contributed by atoms with Crippen LogP contribution < -0.4 is 11.1 Å². The second-order valence-corrected chi connectivity index (χ2v) is 3.53. The van der Waals surface area contributed by atoms with E-state index in [1.54, 1.807) is 6.92 Å². The molecule has 0 aliphatic heterocycles. The van der Waals surface area contributed by atoms with Gasteiger partial charge in [-0.15, -0.1) is 0 Å². The molecule has 1 rings (SSSR count). The topological polar surface area (TPSA) is 81.2 Å². The third-order valence-corrected chi connectivity index (χ3v) is 2.21. The van der Waals surface area contributed by atoms with Gasteiger partial charge >= 0.3 is 0 Å². The quantitative estimate of drug-likeness (QED) is 0.765. The summed E-state index contributed by atoms with van der Waals surface area (Å²) in [5.74, 6) is 0.456. The van der Waals surface area contributed by atoms with Gasteiger partial charge < -0.3 is 15.6 Å². The molecule has 3 N–H and O–H groups in total. The van der Waals surface area contributed by atoms with Crippen molar-refractivity contribution in [3.05, 3.63) is 17.0 Å². The molecule has 0 aliphatic rings. The number of rotatable bonds is 4. The van der Waals surface area contributed by atoms with Gasteiger partial charge in [0.05, 0.1) is 5.69 Å². The van der Waals surface area contributed by atoms with E-state index >= 15 is 0 Å². The number of nitrogens with zero attached hydrogens (tertiary/aromatic N) is 1. The third-order valence-electron chi connectivity index (χ3n) is 2.21. The first-order chi connectivity index (χ1) is 7.10. The van der Waals surface area contributed by atoms with Crippen molar-refractivity contribution in [3.63, 3.8) is 0 Å². The van der Waals surface area contributed by atoms with Crippen molar-refractivity contribution in [2.75, 3.05) is 6.54 Å². The second-order valence-electron chi connectivity index (χ2n) is 3.53. The fourth-order valence-electron chi connectivity index (χ4n) is 1.30. The average molecular weight is 211 g/mol. The van der Waals surface area contributed by atoms with Gasteiger partial charge in [-0.25, -0.2) is 0 Å². The fourth-order valence-corrected chi connectivity index (χ4v) is 1.30. The standard InChI is InChI=1S/C10H17N3O2/c1-4-8-9(7(3)13-15-8)10(14)12-6(2)5-11/h6H,4-5,11H2,1-3H3,(H,12,14)/t6-/m1/s1. The van der Waals surface area contributed by atoms with E-state index in [0.717, 1.165) is 0 Å². The number of carbonyl (C=O) groups excluding carboxylic acids is 1. The highest BCUT2D eigenvalue weighted by atomic mass is 16.5. The van der Waals surface area contributed by atoms with Crippen LogP contribution in [0.1, 0.15) is 35.7 Å². The van der Waals surface area contributed by atoms with Gasteiger partial charge in [-0.1, -0.05) is 12.1 Å². The van der Waals surface area contributed by atoms with E-state index < -0.39 is 0 Å². The molecule has 0 saturated carbocycles. The number of amides is 1. The summed E-state index contributed by atoms with van der Waals surface area (Å²) >= 11 is 0. The number of nitrogens with two attached hydrogens (primary N) is 1. The Hall–Kier alpha value is -1.36. The normalized spacial score (nSPS) is 12.5. The van der Waals surface area contributed by atoms with Crippen LogP contribution in [0.5, 0.6) is 0 Å². The summed E-state index contributed by atoms with van der Waals surface area (Å²) in [6, 6.07) is -0.0449. The predicted molar refractivity (Wildman–Crippen MR) is 56.6 cm³/mol. The Kier molecular flexibility index (Phi) is 3.85. The Bertz CT molecular complexity index is 346. The van der Waals surface area contributed by atoms with Crippen LogP contribution in [0.2, 0.25) is 0 Å². The molecule has 1 amide bonds. The molecular formula is C10H17N3O2. The Morgan fingerprint density at radius 2 is 2.33 bits per heavy atom. The number of aromatic nitrogens is 1. The maximum absolute atomic E-state index is 11.8. The Morgan fingerprint density at radius 3 is 2.87 bits per heavy atom. The minimum absolute atomic E-state index is 0.0449. The molecule has 0 fully saturated rings. The van der Waals surface area contributed by atoms with Gasteiger partial charge in [0.2, 0.25) is 0 Å². The van der Waals surface area contributed by atoms with Gasteiger partial charge in [0.15, 0.2) is 0 Å². The molecule has 0 unspecified atom stereocenters. The number of hydrogen-bond acceptors (Lipinski definition) is 4. The first-order valence-electron chi connectivity index (χ1n) is 5.06. The lowest BCUT2D eigenvalue weighted by molar-refractivity contribution is 0.0939. The van der Waals surface area contributed by atoms with Gasteiger partial charge in [-0.3, -0.25) is 4.79 Å². The van der Waals surface area contributed by atoms with Crippen LogP contribution >= 0.6 is 0 Å². The molecule has 5 heteroatoms. The highest BCUT2D eigenvalue weighted by molar-refractivity contribution is 5.96. The van der Waals surface area contributed by atoms with Gasteiger partial charge in [-0.2, -0.15) is 0 Å². The Morgan fingerprint density at radius 1 is 1.67 bits per heavy atom. The molecule has 0 spiro atoms. The van der Waals surface area contributed by atoms with Gasteiger partial charge in [-0.05, 0) is 13.8 Å². The SMILES string of the molecule is CCc1onc(C)c1C(=O)N[C@H](C)CN. The van der Waals surface area contributed by atoms with E-state index in [9.17, 15) is 4.79 Å². The molecular weight excluding hydrogens is 194 g/mol. The van der Waals surface area contributed by atoms with Crippen LogP contribution in [-0.2, 0) is 6.42 Å². The van der Waals surface area contributed by atoms with Crippen molar-refractivity contribution in [2.24, 2.45) is 5.73 Å². The highest BCUT2D eigenvalue weighted by Crippen LogP contribution is 2.13. The third kappa shape index (κ3) is 2.56. The van der Waals surface area contributed by atoms with Crippen LogP contribution in [0, 0.1) is 6.92 Å². The molecule has 1 aromatic rings. The van der Waals surface area contributed by atoms with Crippen LogP contribution in [0.3, 0.4) is 0 Å². The molecule has 1 heterocycles. The summed E-state index contributed by atoms with van der Waals surface area (Å²) in [5.41, 5.74) is 6.59. The molecule has 0 aliphatic carbocycles. The van der Waals surface area contributed by atoms with E-state index in [1.807, 2.05) is 13.8 Å². The predicted octanol–water partition coefficient (Wildman–Crippen LogP) is 0.622. The summed E-state index contributed by atoms with van der Waals surface area (Å²) in [4.78, 5) is 11.8. The summed E-state index contributed by atoms with van der Waals surface area (Å²) in [5, 5.41) is 6.56. The number of hydrogen-bond donors (Lipinski definition) is 2. The van der Waals surface area contributed by atoms with Crippen molar-refractivity contribution in [1.29, 1.82) is 0 Å². The number of aryl methyl sites for hydroxylation is 2. The van der Waals surface area contributed by atoms with Crippen LogP contribution in [0.25, 0.3) is 0 Å². The first kappa shape index (κ1) is 11.7. The molecule has 0 bridgehead atoms. The van der Waals surface area contributed by atoms with Crippen molar-refractivity contribution < 1.29 is 9.32 Å². The Balaban J connectivity index is 2.85. The molecule has 1 atom stereocenters. The molecule has 0 aromatic carbocycles. The van der Waals surface area contributed by atoms with Gasteiger partial charge in [0.1, 0.15) is 11.3 Å². The zero-order valence-corrected chi connectivity index (χ0v) is 9.33. The highest BCUT2D eigenvalue weighted by Gasteiger charge is 2.19. The van der Waals surface area contributed by atoms with E-state index in [2.05, 4.69) is 10.5 Å². The van der Waals surface area contributed by atoms with E-state index in [-0.39, 0.29) is 11.9 Å². The minimum atomic E-state index is -0.163. The van der Waals surface area contributed by atoms with Crippen LogP contribution in [0.4, 0.5) is 0 Å². The molecule has 0 radical (unpaired) electrons. The number of nitrogens with one attached hydrogen (secondary N) is 1. The van der Waals surface area contributed by atoms with Crippen molar-refractivity contribution in [2.45, 2.75) is 33.2 Å². The van der Waals surface area contributed by atoms with E-state index in [4.69, 9.17) is 10.3 Å². The monoisotopic (exact) mass is 211 g/mol. The Labute approximate surface area is 89.0 Å². The smallest absolute Gasteiger partial charge is 0.257 e. The van der Waals surface area contributed by atoms with Crippen LogP contribution in [0.15, 0.2) is 4.52 Å². The minimum Gasteiger partial charge on any atom is -0.360 e. The number of carbonyl (C=O) groups is 1.